The van der Waals surface area contributed by atoms with Crippen molar-refractivity contribution in [2.24, 2.45) is 7.05 Å². The molecule has 0 bridgehead atoms. The molecule has 1 heterocycles. The van der Waals surface area contributed by atoms with Crippen molar-refractivity contribution in [3.05, 3.63) is 41.7 Å². The molecule has 106 valence electrons. The molecule has 5 nitrogen and oxygen atoms in total. The molecule has 8 heteroatoms. The number of rotatable bonds is 2. The fourth-order valence-electron chi connectivity index (χ4n) is 1.61. The zero-order valence-electron chi connectivity index (χ0n) is 10.3. The third-order valence-electron chi connectivity index (χ3n) is 2.56. The predicted octanol–water partition coefficient (Wildman–Crippen LogP) is 2.40. The van der Waals surface area contributed by atoms with E-state index in [1.165, 1.54) is 12.1 Å². The second-order valence-electron chi connectivity index (χ2n) is 4.01. The number of phenols is 1. The fraction of sp³-hybridized carbons (Fsp3) is 0.167. The lowest BCUT2D eigenvalue weighted by Crippen LogP contribution is -2.13. The summed E-state index contributed by atoms with van der Waals surface area (Å²) >= 11 is 0. The molecule has 0 spiro atoms. The lowest BCUT2D eigenvalue weighted by atomic mass is 10.2. The summed E-state index contributed by atoms with van der Waals surface area (Å²) in [6.45, 7) is 0. The summed E-state index contributed by atoms with van der Waals surface area (Å²) in [7, 11) is 1.10. The Labute approximate surface area is 111 Å². The molecule has 0 aliphatic carbocycles. The zero-order chi connectivity index (χ0) is 14.9. The summed E-state index contributed by atoms with van der Waals surface area (Å²) in [5, 5.41) is 15.3. The van der Waals surface area contributed by atoms with Crippen LogP contribution in [0.25, 0.3) is 0 Å². The van der Waals surface area contributed by atoms with Crippen molar-refractivity contribution in [3.8, 4) is 5.75 Å². The molecule has 2 rings (SSSR count). The number of nitrogens with one attached hydrogen (secondary N) is 1. The Hall–Kier alpha value is -2.51. The van der Waals surface area contributed by atoms with Gasteiger partial charge in [-0.3, -0.25) is 9.48 Å². The van der Waals surface area contributed by atoms with Crippen molar-refractivity contribution < 1.29 is 23.1 Å². The molecule has 0 saturated heterocycles. The van der Waals surface area contributed by atoms with Crippen LogP contribution in [-0.2, 0) is 13.2 Å². The predicted molar refractivity (Wildman–Crippen MR) is 64.3 cm³/mol. The standard InChI is InChI=1S/C12H10F3N3O2/c1-18-10(12(13,14)15)6-8(17-18)11(20)16-7-4-2-3-5-9(7)19/h2-6,19H,1H3,(H,16,20). The van der Waals surface area contributed by atoms with Gasteiger partial charge in [0.25, 0.3) is 5.91 Å². The summed E-state index contributed by atoms with van der Waals surface area (Å²) in [6.07, 6.45) is -4.59. The van der Waals surface area contributed by atoms with Crippen molar-refractivity contribution in [1.82, 2.24) is 9.78 Å². The van der Waals surface area contributed by atoms with Crippen LogP contribution in [0, 0.1) is 0 Å². The highest BCUT2D eigenvalue weighted by atomic mass is 19.4. The Morgan fingerprint density at radius 1 is 1.35 bits per heavy atom. The number of amides is 1. The number of nitrogens with zero attached hydrogens (tertiary/aromatic N) is 2. The van der Waals surface area contributed by atoms with E-state index in [-0.39, 0.29) is 17.1 Å². The molecule has 1 amide bonds. The van der Waals surface area contributed by atoms with E-state index in [0.717, 1.165) is 7.05 Å². The van der Waals surface area contributed by atoms with Gasteiger partial charge in [0.05, 0.1) is 5.69 Å². The van der Waals surface area contributed by atoms with E-state index < -0.39 is 17.8 Å². The summed E-state index contributed by atoms with van der Waals surface area (Å²) in [5.74, 6) is -1.02. The number of benzene rings is 1. The number of anilines is 1. The Bertz CT molecular complexity index is 650. The molecule has 0 fully saturated rings. The first kappa shape index (κ1) is 13.9. The first-order valence-corrected chi connectivity index (χ1v) is 5.49. The summed E-state index contributed by atoms with van der Waals surface area (Å²) in [5.41, 5.74) is -1.32. The van der Waals surface area contributed by atoms with Crippen molar-refractivity contribution in [2.75, 3.05) is 5.32 Å². The Balaban J connectivity index is 2.25. The smallest absolute Gasteiger partial charge is 0.433 e. The van der Waals surface area contributed by atoms with Gasteiger partial charge in [0.2, 0.25) is 0 Å². The maximum absolute atomic E-state index is 12.6. The van der Waals surface area contributed by atoms with Gasteiger partial charge in [-0.25, -0.2) is 0 Å². The number of para-hydroxylation sites is 2. The Morgan fingerprint density at radius 3 is 2.55 bits per heavy atom. The number of aromatic hydroxyl groups is 1. The molecule has 0 aliphatic rings. The lowest BCUT2D eigenvalue weighted by molar-refractivity contribution is -0.143. The molecular weight excluding hydrogens is 275 g/mol. The molecule has 0 atom stereocenters. The number of aryl methyl sites for hydroxylation is 1. The third kappa shape index (κ3) is 2.73. The molecule has 0 aliphatic heterocycles. The van der Waals surface area contributed by atoms with Gasteiger partial charge in [-0.2, -0.15) is 18.3 Å². The lowest BCUT2D eigenvalue weighted by Gasteiger charge is -2.04. The van der Waals surface area contributed by atoms with Gasteiger partial charge in [-0.15, -0.1) is 0 Å². The Morgan fingerprint density at radius 2 is 2.00 bits per heavy atom. The SMILES string of the molecule is Cn1nc(C(=O)Nc2ccccc2O)cc1C(F)(F)F. The number of phenolic OH excluding ortho intramolecular Hbond substituents is 1. The average Bonchev–Trinajstić information content (AvgIpc) is 2.74. The van der Waals surface area contributed by atoms with Gasteiger partial charge in [0.15, 0.2) is 5.69 Å². The molecule has 2 N–H and O–H groups in total. The summed E-state index contributed by atoms with van der Waals surface area (Å²) < 4.78 is 38.3. The van der Waals surface area contributed by atoms with Crippen molar-refractivity contribution in [3.63, 3.8) is 0 Å². The highest BCUT2D eigenvalue weighted by molar-refractivity contribution is 6.03. The van der Waals surface area contributed by atoms with Crippen LogP contribution in [0.1, 0.15) is 16.2 Å². The number of hydrogen-bond acceptors (Lipinski definition) is 3. The van der Waals surface area contributed by atoms with Crippen LogP contribution in [0.4, 0.5) is 18.9 Å². The van der Waals surface area contributed by atoms with E-state index in [0.29, 0.717) is 10.7 Å². The number of carbonyl (C=O) groups excluding carboxylic acids is 1. The molecule has 1 aromatic heterocycles. The maximum Gasteiger partial charge on any atom is 0.433 e. The highest BCUT2D eigenvalue weighted by Gasteiger charge is 2.35. The van der Waals surface area contributed by atoms with Gasteiger partial charge in [0, 0.05) is 13.1 Å². The third-order valence-corrected chi connectivity index (χ3v) is 2.56. The zero-order valence-corrected chi connectivity index (χ0v) is 10.3. The fourth-order valence-corrected chi connectivity index (χ4v) is 1.61. The van der Waals surface area contributed by atoms with E-state index in [9.17, 15) is 23.1 Å². The number of alkyl halides is 3. The average molecular weight is 285 g/mol. The number of aromatic nitrogens is 2. The molecule has 2 aromatic rings. The van der Waals surface area contributed by atoms with E-state index >= 15 is 0 Å². The number of hydrogen-bond donors (Lipinski definition) is 2. The second-order valence-corrected chi connectivity index (χ2v) is 4.01. The van der Waals surface area contributed by atoms with Crippen LogP contribution in [0.5, 0.6) is 5.75 Å². The van der Waals surface area contributed by atoms with Gasteiger partial charge < -0.3 is 10.4 Å². The second kappa shape index (κ2) is 4.87. The minimum absolute atomic E-state index is 0.0942. The van der Waals surface area contributed by atoms with Gasteiger partial charge in [0.1, 0.15) is 11.4 Å². The van der Waals surface area contributed by atoms with Crippen LogP contribution in [-0.4, -0.2) is 20.8 Å². The molecule has 1 aromatic carbocycles. The quantitative estimate of drug-likeness (QED) is 0.833. The van der Waals surface area contributed by atoms with Crippen molar-refractivity contribution in [1.29, 1.82) is 0 Å². The Kier molecular flexibility index (Phi) is 3.39. The molecule has 0 unspecified atom stereocenters. The van der Waals surface area contributed by atoms with Crippen LogP contribution >= 0.6 is 0 Å². The van der Waals surface area contributed by atoms with Crippen LogP contribution in [0.15, 0.2) is 30.3 Å². The number of carbonyl (C=O) groups is 1. The molecule has 20 heavy (non-hydrogen) atoms. The van der Waals surface area contributed by atoms with Gasteiger partial charge in [-0.05, 0) is 12.1 Å². The van der Waals surface area contributed by atoms with E-state index in [4.69, 9.17) is 0 Å². The summed E-state index contributed by atoms with van der Waals surface area (Å²) in [6, 6.07) is 6.52. The van der Waals surface area contributed by atoms with E-state index in [2.05, 4.69) is 10.4 Å². The van der Waals surface area contributed by atoms with Crippen LogP contribution in [0.2, 0.25) is 0 Å². The minimum atomic E-state index is -4.59. The topological polar surface area (TPSA) is 67.2 Å². The number of halogens is 3. The van der Waals surface area contributed by atoms with Gasteiger partial charge >= 0.3 is 6.18 Å². The molecule has 0 saturated carbocycles. The van der Waals surface area contributed by atoms with E-state index in [1.54, 1.807) is 12.1 Å². The van der Waals surface area contributed by atoms with Crippen molar-refractivity contribution in [2.45, 2.75) is 6.18 Å². The largest absolute Gasteiger partial charge is 0.506 e. The minimum Gasteiger partial charge on any atom is -0.506 e. The molecular formula is C12H10F3N3O2. The highest BCUT2D eigenvalue weighted by Crippen LogP contribution is 2.29. The van der Waals surface area contributed by atoms with E-state index in [1.807, 2.05) is 0 Å². The summed E-state index contributed by atoms with van der Waals surface area (Å²) in [4.78, 5) is 11.8. The maximum atomic E-state index is 12.6. The first-order chi connectivity index (χ1) is 9.29. The molecule has 0 radical (unpaired) electrons. The normalized spacial score (nSPS) is 11.4. The first-order valence-electron chi connectivity index (χ1n) is 5.49. The van der Waals surface area contributed by atoms with Crippen LogP contribution < -0.4 is 5.32 Å². The monoisotopic (exact) mass is 285 g/mol. The van der Waals surface area contributed by atoms with Crippen molar-refractivity contribution >= 4 is 11.6 Å². The van der Waals surface area contributed by atoms with Crippen LogP contribution in [0.3, 0.4) is 0 Å². The van der Waals surface area contributed by atoms with Gasteiger partial charge in [-0.1, -0.05) is 12.1 Å².